The summed E-state index contributed by atoms with van der Waals surface area (Å²) in [6, 6.07) is 0. The van der Waals surface area contributed by atoms with Gasteiger partial charge in [0.05, 0.1) is 6.33 Å². The summed E-state index contributed by atoms with van der Waals surface area (Å²) in [7, 11) is 1.36. The third-order valence-corrected chi connectivity index (χ3v) is 3.67. The molecule has 1 aliphatic heterocycles. The zero-order chi connectivity index (χ0) is 17.3. The topological polar surface area (TPSA) is 155 Å². The largest absolute Gasteiger partial charge is 0.461 e. The first-order valence-electron chi connectivity index (χ1n) is 7.12. The van der Waals surface area contributed by atoms with E-state index in [0.717, 1.165) is 0 Å². The smallest absolute Gasteiger partial charge is 0.332 e. The number of ether oxygens (including phenoxy) is 3. The fraction of sp³-hybridized carbons (Fsp3) is 0.538. The molecule has 1 fully saturated rings. The molecule has 4 atom stereocenters. The van der Waals surface area contributed by atoms with Gasteiger partial charge in [0, 0.05) is 7.11 Å². The van der Waals surface area contributed by atoms with Crippen molar-refractivity contribution in [3.63, 3.8) is 0 Å². The van der Waals surface area contributed by atoms with E-state index >= 15 is 0 Å². The minimum atomic E-state index is -1.26. The molecule has 3 heterocycles. The van der Waals surface area contributed by atoms with Gasteiger partial charge in [-0.15, -0.1) is 0 Å². The Morgan fingerprint density at radius 2 is 2.17 bits per heavy atom. The summed E-state index contributed by atoms with van der Waals surface area (Å²) in [6.45, 7) is -0.433. The van der Waals surface area contributed by atoms with Crippen LogP contribution in [0.15, 0.2) is 12.7 Å². The highest BCUT2D eigenvalue weighted by Gasteiger charge is 2.44. The van der Waals surface area contributed by atoms with Gasteiger partial charge in [-0.1, -0.05) is 0 Å². The van der Waals surface area contributed by atoms with Crippen LogP contribution in [-0.4, -0.2) is 74.3 Å². The molecule has 4 N–H and O–H groups in total. The lowest BCUT2D eigenvalue weighted by Crippen LogP contribution is -2.34. The van der Waals surface area contributed by atoms with Gasteiger partial charge in [0.15, 0.2) is 17.7 Å². The van der Waals surface area contributed by atoms with Crippen molar-refractivity contribution in [1.29, 1.82) is 0 Å². The fourth-order valence-electron chi connectivity index (χ4n) is 2.49. The standard InChI is InChI=1S/C13H17N5O6/c1-22-3-7(19)23-2-6-9(20)10(21)13(24-6)18-5-17-8-11(14)15-4-16-12(8)18/h4-6,9-10,13,20-21H,2-3H2,1H3,(H2,14,15,16)/t6-,9-,10+,13-/m1/s1. The molecule has 0 aliphatic carbocycles. The molecule has 2 aromatic heterocycles. The summed E-state index contributed by atoms with van der Waals surface area (Å²) >= 11 is 0. The molecule has 0 bridgehead atoms. The van der Waals surface area contributed by atoms with Crippen molar-refractivity contribution >= 4 is 23.0 Å². The van der Waals surface area contributed by atoms with Crippen LogP contribution in [0.25, 0.3) is 11.2 Å². The number of rotatable bonds is 5. The number of esters is 1. The van der Waals surface area contributed by atoms with Crippen LogP contribution in [0.1, 0.15) is 6.23 Å². The molecule has 1 aliphatic rings. The maximum Gasteiger partial charge on any atom is 0.332 e. The van der Waals surface area contributed by atoms with E-state index in [1.54, 1.807) is 0 Å². The number of nitrogens with two attached hydrogens (primary N) is 1. The molecule has 0 aromatic carbocycles. The zero-order valence-electron chi connectivity index (χ0n) is 12.8. The first kappa shape index (κ1) is 16.5. The molecule has 11 nitrogen and oxygen atoms in total. The third kappa shape index (κ3) is 2.89. The summed E-state index contributed by atoms with van der Waals surface area (Å²) in [5.74, 6) is -0.406. The lowest BCUT2D eigenvalue weighted by atomic mass is 10.1. The Labute approximate surface area is 136 Å². The van der Waals surface area contributed by atoms with Crippen LogP contribution in [0.3, 0.4) is 0 Å². The Morgan fingerprint density at radius 1 is 1.38 bits per heavy atom. The highest BCUT2D eigenvalue weighted by atomic mass is 16.6. The number of carbonyl (C=O) groups excluding carboxylic acids is 1. The zero-order valence-corrected chi connectivity index (χ0v) is 12.8. The van der Waals surface area contributed by atoms with Gasteiger partial charge in [0.25, 0.3) is 0 Å². The number of imidazole rings is 1. The number of aliphatic hydroxyl groups excluding tert-OH is 2. The number of methoxy groups -OCH3 is 1. The molecular weight excluding hydrogens is 322 g/mol. The third-order valence-electron chi connectivity index (χ3n) is 3.67. The summed E-state index contributed by atoms with van der Waals surface area (Å²) in [4.78, 5) is 23.3. The first-order chi connectivity index (χ1) is 11.5. The van der Waals surface area contributed by atoms with Gasteiger partial charge in [-0.3, -0.25) is 4.57 Å². The van der Waals surface area contributed by atoms with E-state index in [1.165, 1.54) is 24.3 Å². The highest BCUT2D eigenvalue weighted by molar-refractivity contribution is 5.81. The van der Waals surface area contributed by atoms with Crippen LogP contribution >= 0.6 is 0 Å². The molecule has 0 unspecified atom stereocenters. The van der Waals surface area contributed by atoms with E-state index in [4.69, 9.17) is 15.2 Å². The SMILES string of the molecule is COCC(=O)OC[C@H]1O[C@@H](n2cnc3c(N)ncnc32)[C@@H](O)[C@@H]1O. The monoisotopic (exact) mass is 339 g/mol. The Hall–Kier alpha value is -2.34. The number of carbonyl (C=O) groups is 1. The maximum atomic E-state index is 11.3. The van der Waals surface area contributed by atoms with Gasteiger partial charge in [-0.2, -0.15) is 0 Å². The van der Waals surface area contributed by atoms with Crippen LogP contribution < -0.4 is 5.73 Å². The minimum absolute atomic E-state index is 0.192. The van der Waals surface area contributed by atoms with E-state index in [2.05, 4.69) is 19.7 Å². The predicted molar refractivity (Wildman–Crippen MR) is 78.5 cm³/mol. The Kier molecular flexibility index (Phi) is 4.57. The van der Waals surface area contributed by atoms with Crippen LogP contribution in [0, 0.1) is 0 Å². The molecule has 2 aromatic rings. The van der Waals surface area contributed by atoms with Gasteiger partial charge in [0.2, 0.25) is 0 Å². The number of hydrogen-bond acceptors (Lipinski definition) is 10. The van der Waals surface area contributed by atoms with E-state index in [9.17, 15) is 15.0 Å². The molecule has 11 heteroatoms. The Balaban J connectivity index is 1.77. The van der Waals surface area contributed by atoms with Gasteiger partial charge < -0.3 is 30.2 Å². The Bertz CT molecular complexity index is 737. The van der Waals surface area contributed by atoms with E-state index in [0.29, 0.717) is 11.2 Å². The average molecular weight is 339 g/mol. The van der Waals surface area contributed by atoms with Crippen LogP contribution in [0.2, 0.25) is 0 Å². The van der Waals surface area contributed by atoms with Crippen molar-refractivity contribution < 1.29 is 29.2 Å². The van der Waals surface area contributed by atoms with Gasteiger partial charge in [-0.25, -0.2) is 19.7 Å². The molecule has 0 radical (unpaired) electrons. The number of hydrogen-bond donors (Lipinski definition) is 3. The van der Waals surface area contributed by atoms with Gasteiger partial charge in [-0.05, 0) is 0 Å². The lowest BCUT2D eigenvalue weighted by Gasteiger charge is -2.16. The van der Waals surface area contributed by atoms with Crippen LogP contribution in [-0.2, 0) is 19.0 Å². The normalized spacial score (nSPS) is 26.8. The molecule has 0 amide bonds. The number of aromatic nitrogens is 4. The quantitative estimate of drug-likeness (QED) is 0.532. The fourth-order valence-corrected chi connectivity index (χ4v) is 2.49. The van der Waals surface area contributed by atoms with E-state index in [-0.39, 0.29) is 19.0 Å². The first-order valence-corrected chi connectivity index (χ1v) is 7.12. The summed E-state index contributed by atoms with van der Waals surface area (Å²) in [6.07, 6.45) is -1.72. The number of aliphatic hydroxyl groups is 2. The minimum Gasteiger partial charge on any atom is -0.461 e. The summed E-state index contributed by atoms with van der Waals surface area (Å²) in [5, 5.41) is 20.3. The van der Waals surface area contributed by atoms with Crippen molar-refractivity contribution in [3.05, 3.63) is 12.7 Å². The van der Waals surface area contributed by atoms with E-state index in [1.807, 2.05) is 0 Å². The number of nitrogen functional groups attached to an aromatic ring is 1. The maximum absolute atomic E-state index is 11.3. The van der Waals surface area contributed by atoms with E-state index < -0.39 is 30.5 Å². The van der Waals surface area contributed by atoms with Crippen LogP contribution in [0.4, 0.5) is 5.82 Å². The van der Waals surface area contributed by atoms with Crippen molar-refractivity contribution in [1.82, 2.24) is 19.5 Å². The van der Waals surface area contributed by atoms with Crippen molar-refractivity contribution in [3.8, 4) is 0 Å². The molecule has 1 saturated heterocycles. The molecule has 3 rings (SSSR count). The van der Waals surface area contributed by atoms with Gasteiger partial charge >= 0.3 is 5.97 Å². The molecular formula is C13H17N5O6. The molecule has 0 spiro atoms. The van der Waals surface area contributed by atoms with Crippen molar-refractivity contribution in [2.75, 3.05) is 26.1 Å². The van der Waals surface area contributed by atoms with Crippen molar-refractivity contribution in [2.24, 2.45) is 0 Å². The second-order valence-electron chi connectivity index (χ2n) is 5.25. The molecule has 24 heavy (non-hydrogen) atoms. The second kappa shape index (κ2) is 6.65. The summed E-state index contributed by atoms with van der Waals surface area (Å²) in [5.41, 5.74) is 6.43. The number of anilines is 1. The number of fused-ring (bicyclic) bond motifs is 1. The predicted octanol–water partition coefficient (Wildman–Crippen LogP) is -1.78. The average Bonchev–Trinajstić information content (AvgIpc) is 3.10. The van der Waals surface area contributed by atoms with Gasteiger partial charge in [0.1, 0.15) is 43.4 Å². The second-order valence-corrected chi connectivity index (χ2v) is 5.25. The van der Waals surface area contributed by atoms with Crippen molar-refractivity contribution in [2.45, 2.75) is 24.5 Å². The van der Waals surface area contributed by atoms with Crippen LogP contribution in [0.5, 0.6) is 0 Å². The summed E-state index contributed by atoms with van der Waals surface area (Å²) < 4.78 is 16.6. The molecule has 130 valence electrons. The number of nitrogens with zero attached hydrogens (tertiary/aromatic N) is 4. The Morgan fingerprint density at radius 3 is 2.92 bits per heavy atom. The lowest BCUT2D eigenvalue weighted by molar-refractivity contribution is -0.154. The molecule has 0 saturated carbocycles. The highest BCUT2D eigenvalue weighted by Crippen LogP contribution is 2.32.